The highest BCUT2D eigenvalue weighted by Crippen LogP contribution is 2.31. The second-order valence-electron chi connectivity index (χ2n) is 5.73. The quantitative estimate of drug-likeness (QED) is 0.445. The first kappa shape index (κ1) is 20.4. The van der Waals surface area contributed by atoms with Gasteiger partial charge in [-0.15, -0.1) is 0 Å². The van der Waals surface area contributed by atoms with Gasteiger partial charge in [-0.25, -0.2) is 9.50 Å². The van der Waals surface area contributed by atoms with Crippen LogP contribution in [0.3, 0.4) is 0 Å². The Morgan fingerprint density at radius 3 is 2.81 bits per heavy atom. The van der Waals surface area contributed by atoms with Crippen molar-refractivity contribution < 1.29 is 22.8 Å². The van der Waals surface area contributed by atoms with Crippen LogP contribution in [-0.2, 0) is 11.3 Å². The Labute approximate surface area is 152 Å². The van der Waals surface area contributed by atoms with Crippen LogP contribution in [0.4, 0.5) is 19.0 Å². The second kappa shape index (κ2) is 8.16. The summed E-state index contributed by atoms with van der Waals surface area (Å²) in [6.45, 7) is 1.55. The number of aromatic nitrogens is 3. The molecule has 0 spiro atoms. The van der Waals surface area contributed by atoms with E-state index in [9.17, 15) is 23.3 Å². The van der Waals surface area contributed by atoms with Crippen molar-refractivity contribution in [1.82, 2.24) is 14.6 Å². The number of nitro groups is 1. The summed E-state index contributed by atoms with van der Waals surface area (Å²) in [5.41, 5.74) is 7.20. The minimum Gasteiger partial charge on any atom is -0.382 e. The average Bonchev–Trinajstić information content (AvgIpc) is 2.93. The van der Waals surface area contributed by atoms with E-state index < -0.39 is 23.6 Å². The molecule has 0 saturated carbocycles. The van der Waals surface area contributed by atoms with Crippen LogP contribution in [0.15, 0.2) is 36.4 Å². The maximum Gasteiger partial charge on any atom is 0.411 e. The van der Waals surface area contributed by atoms with Crippen molar-refractivity contribution in [3.05, 3.63) is 57.7 Å². The topological polar surface area (TPSA) is 109 Å². The molecule has 0 fully saturated rings. The number of nitrogens with zero attached hydrogens (tertiary/aromatic N) is 4. The third-order valence-electron chi connectivity index (χ3n) is 3.76. The molecule has 8 nitrogen and oxygen atoms in total. The molecule has 0 aromatic carbocycles. The Morgan fingerprint density at radius 2 is 2.22 bits per heavy atom. The van der Waals surface area contributed by atoms with E-state index >= 15 is 0 Å². The molecule has 1 unspecified atom stereocenters. The first-order chi connectivity index (χ1) is 12.6. The molecule has 2 heterocycles. The fraction of sp³-hybridized carbons (Fsp3) is 0.375. The van der Waals surface area contributed by atoms with Gasteiger partial charge in [0.25, 0.3) is 5.70 Å². The maximum absolute atomic E-state index is 12.4. The van der Waals surface area contributed by atoms with Crippen LogP contribution in [0, 0.1) is 10.1 Å². The van der Waals surface area contributed by atoms with Crippen LogP contribution < -0.4 is 5.73 Å². The van der Waals surface area contributed by atoms with Crippen LogP contribution in [0.5, 0.6) is 0 Å². The van der Waals surface area contributed by atoms with Gasteiger partial charge >= 0.3 is 6.18 Å². The highest BCUT2D eigenvalue weighted by Gasteiger charge is 2.28. The number of hydrogen-bond donors (Lipinski definition) is 1. The van der Waals surface area contributed by atoms with Gasteiger partial charge in [0, 0.05) is 23.8 Å². The van der Waals surface area contributed by atoms with Crippen molar-refractivity contribution in [3.63, 3.8) is 0 Å². The summed E-state index contributed by atoms with van der Waals surface area (Å²) in [5.74, 6) is -0.273. The van der Waals surface area contributed by atoms with Crippen LogP contribution >= 0.6 is 0 Å². The maximum atomic E-state index is 12.4. The Morgan fingerprint density at radius 1 is 1.52 bits per heavy atom. The lowest BCUT2D eigenvalue weighted by atomic mass is 9.97. The monoisotopic (exact) mass is 385 g/mol. The van der Waals surface area contributed by atoms with Crippen molar-refractivity contribution in [2.75, 3.05) is 12.3 Å². The predicted octanol–water partition coefficient (Wildman–Crippen LogP) is 3.23. The van der Waals surface area contributed by atoms with Gasteiger partial charge in [0.05, 0.1) is 11.5 Å². The van der Waals surface area contributed by atoms with E-state index in [0.717, 1.165) is 0 Å². The van der Waals surface area contributed by atoms with Crippen molar-refractivity contribution in [2.24, 2.45) is 0 Å². The molecule has 0 saturated heterocycles. The molecule has 2 N–H and O–H groups in total. The molecule has 2 rings (SSSR count). The van der Waals surface area contributed by atoms with Gasteiger partial charge in [0.15, 0.2) is 5.82 Å². The van der Waals surface area contributed by atoms with E-state index in [1.54, 1.807) is 13.0 Å². The standard InChI is InChI=1S/C16H18F3N5O3/c1-3-12(24(25)26)5-4-10(2)13-11(7-27-8-16(17,18)19)6-23-14(13)15(20)21-9-22-23/h3-6,9-10H,7-8H2,1-2H3,(H2,20,21,22)/b5-4-,12-3?. The second-order valence-corrected chi connectivity index (χ2v) is 5.73. The number of ether oxygens (including phenoxy) is 1. The lowest BCUT2D eigenvalue weighted by molar-refractivity contribution is -0.419. The van der Waals surface area contributed by atoms with E-state index in [4.69, 9.17) is 10.5 Å². The third kappa shape index (κ3) is 5.03. The SMILES string of the molecule is CC=C(/C=C\C(C)c1c(COCC(F)(F)F)cn2ncnc(N)c12)[N+](=O)[O-]. The zero-order valence-electron chi connectivity index (χ0n) is 14.6. The lowest BCUT2D eigenvalue weighted by Gasteiger charge is -2.11. The van der Waals surface area contributed by atoms with Gasteiger partial charge in [-0.2, -0.15) is 18.3 Å². The molecule has 0 radical (unpaired) electrons. The van der Waals surface area contributed by atoms with Crippen LogP contribution in [0.25, 0.3) is 5.52 Å². The molecule has 1 atom stereocenters. The van der Waals surface area contributed by atoms with Crippen molar-refractivity contribution in [3.8, 4) is 0 Å². The number of halogens is 3. The van der Waals surface area contributed by atoms with Gasteiger partial charge in [0.2, 0.25) is 0 Å². The molecular formula is C16H18F3N5O3. The van der Waals surface area contributed by atoms with Gasteiger partial charge in [-0.3, -0.25) is 10.1 Å². The highest BCUT2D eigenvalue weighted by atomic mass is 19.4. The first-order valence-electron chi connectivity index (χ1n) is 7.88. The Balaban J connectivity index is 2.41. The van der Waals surface area contributed by atoms with E-state index in [1.807, 2.05) is 0 Å². The summed E-state index contributed by atoms with van der Waals surface area (Å²) >= 11 is 0. The molecule has 0 aliphatic heterocycles. The molecule has 11 heteroatoms. The van der Waals surface area contributed by atoms with E-state index in [-0.39, 0.29) is 18.1 Å². The number of nitrogen functional groups attached to an aromatic ring is 1. The van der Waals surface area contributed by atoms with Gasteiger partial charge in [0.1, 0.15) is 18.5 Å². The number of anilines is 1. The number of alkyl halides is 3. The fourth-order valence-electron chi connectivity index (χ4n) is 2.61. The smallest absolute Gasteiger partial charge is 0.382 e. The van der Waals surface area contributed by atoms with E-state index in [1.165, 1.54) is 36.1 Å². The molecule has 0 aliphatic rings. The number of nitrogens with two attached hydrogens (primary N) is 1. The van der Waals surface area contributed by atoms with Gasteiger partial charge in [-0.1, -0.05) is 13.0 Å². The first-order valence-corrected chi connectivity index (χ1v) is 7.88. The molecule has 146 valence electrons. The van der Waals surface area contributed by atoms with Crippen molar-refractivity contribution in [2.45, 2.75) is 32.5 Å². The lowest BCUT2D eigenvalue weighted by Crippen LogP contribution is -2.16. The number of allylic oxidation sites excluding steroid dienone is 3. The number of rotatable bonds is 7. The highest BCUT2D eigenvalue weighted by molar-refractivity contribution is 5.73. The summed E-state index contributed by atoms with van der Waals surface area (Å²) in [6.07, 6.45) is 2.51. The molecule has 2 aromatic rings. The Kier molecular flexibility index (Phi) is 6.16. The van der Waals surface area contributed by atoms with E-state index in [0.29, 0.717) is 16.6 Å². The minimum atomic E-state index is -4.45. The summed E-state index contributed by atoms with van der Waals surface area (Å²) in [5, 5.41) is 14.9. The zero-order chi connectivity index (χ0) is 20.2. The Hall–Kier alpha value is -2.95. The third-order valence-corrected chi connectivity index (χ3v) is 3.76. The van der Waals surface area contributed by atoms with Crippen LogP contribution in [0.1, 0.15) is 30.9 Å². The summed E-state index contributed by atoms with van der Waals surface area (Å²) in [7, 11) is 0. The van der Waals surface area contributed by atoms with Crippen molar-refractivity contribution >= 4 is 11.3 Å². The van der Waals surface area contributed by atoms with Crippen molar-refractivity contribution in [1.29, 1.82) is 0 Å². The van der Waals surface area contributed by atoms with Crippen LogP contribution in [-0.4, -0.2) is 32.3 Å². The zero-order valence-corrected chi connectivity index (χ0v) is 14.6. The Bertz CT molecular complexity index is 889. The van der Waals surface area contributed by atoms with Gasteiger partial charge in [-0.05, 0) is 18.6 Å². The molecule has 27 heavy (non-hydrogen) atoms. The predicted molar refractivity (Wildman–Crippen MR) is 91.4 cm³/mol. The molecule has 0 aliphatic carbocycles. The summed E-state index contributed by atoms with van der Waals surface area (Å²) in [4.78, 5) is 14.3. The number of fused-ring (bicyclic) bond motifs is 1. The number of hydrogen-bond acceptors (Lipinski definition) is 6. The van der Waals surface area contributed by atoms with Gasteiger partial charge < -0.3 is 10.5 Å². The largest absolute Gasteiger partial charge is 0.411 e. The minimum absolute atomic E-state index is 0.107. The molecule has 0 amide bonds. The van der Waals surface area contributed by atoms with Crippen LogP contribution in [0.2, 0.25) is 0 Å². The molecule has 2 aromatic heterocycles. The summed E-state index contributed by atoms with van der Waals surface area (Å²) in [6, 6.07) is 0. The average molecular weight is 385 g/mol. The fourth-order valence-corrected chi connectivity index (χ4v) is 2.61. The van der Waals surface area contributed by atoms with E-state index in [2.05, 4.69) is 10.1 Å². The molecular weight excluding hydrogens is 367 g/mol. The normalized spacial score (nSPS) is 14.2. The summed E-state index contributed by atoms with van der Waals surface area (Å²) < 4.78 is 43.2. The molecule has 0 bridgehead atoms.